The fourth-order valence-corrected chi connectivity index (χ4v) is 2.69. The van der Waals surface area contributed by atoms with Gasteiger partial charge in [0.2, 0.25) is 0 Å². The molecule has 1 amide bonds. The number of ether oxygens (including phenoxy) is 2. The lowest BCUT2D eigenvalue weighted by Crippen LogP contribution is -2.56. The molecule has 1 unspecified atom stereocenters. The van der Waals surface area contributed by atoms with Gasteiger partial charge < -0.3 is 14.8 Å². The smallest absolute Gasteiger partial charge is 0.260 e. The van der Waals surface area contributed by atoms with E-state index in [4.69, 9.17) is 21.1 Å². The molecule has 1 N–H and O–H groups in total. The maximum absolute atomic E-state index is 12.3. The molecule has 0 saturated carbocycles. The van der Waals surface area contributed by atoms with Gasteiger partial charge in [-0.3, -0.25) is 9.69 Å². The van der Waals surface area contributed by atoms with Crippen LogP contribution in [0.25, 0.3) is 0 Å². The monoisotopic (exact) mass is 340 g/mol. The van der Waals surface area contributed by atoms with E-state index in [1.807, 2.05) is 12.1 Å². The van der Waals surface area contributed by atoms with Gasteiger partial charge in [-0.25, -0.2) is 0 Å². The van der Waals surface area contributed by atoms with Gasteiger partial charge >= 0.3 is 0 Å². The van der Waals surface area contributed by atoms with E-state index in [0.717, 1.165) is 26.3 Å². The third kappa shape index (κ3) is 5.09. The van der Waals surface area contributed by atoms with Gasteiger partial charge in [-0.05, 0) is 32.9 Å². The van der Waals surface area contributed by atoms with E-state index in [1.165, 1.54) is 0 Å². The highest BCUT2D eigenvalue weighted by Crippen LogP contribution is 2.24. The van der Waals surface area contributed by atoms with E-state index in [-0.39, 0.29) is 11.4 Å². The first kappa shape index (κ1) is 18.0. The average molecular weight is 341 g/mol. The van der Waals surface area contributed by atoms with Crippen molar-refractivity contribution in [3.05, 3.63) is 29.3 Å². The summed E-state index contributed by atoms with van der Waals surface area (Å²) < 4.78 is 11.0. The summed E-state index contributed by atoms with van der Waals surface area (Å²) in [5.74, 6) is 0.371. The van der Waals surface area contributed by atoms with Crippen molar-refractivity contribution in [3.8, 4) is 5.75 Å². The Bertz CT molecular complexity index is 530. The summed E-state index contributed by atoms with van der Waals surface area (Å²) in [5.41, 5.74) is -0.121. The SMILES string of the molecule is CC(Oc1ccccc1Cl)C(=O)NCC(C)(C)N1CCOCC1. The van der Waals surface area contributed by atoms with E-state index in [0.29, 0.717) is 17.3 Å². The Morgan fingerprint density at radius 1 is 1.39 bits per heavy atom. The number of carbonyl (C=O) groups excluding carboxylic acids is 1. The van der Waals surface area contributed by atoms with Gasteiger partial charge in [-0.15, -0.1) is 0 Å². The number of halogens is 1. The van der Waals surface area contributed by atoms with E-state index in [2.05, 4.69) is 24.1 Å². The summed E-state index contributed by atoms with van der Waals surface area (Å²) in [6.07, 6.45) is -0.601. The number of morpholine rings is 1. The van der Waals surface area contributed by atoms with Crippen LogP contribution in [0.2, 0.25) is 5.02 Å². The van der Waals surface area contributed by atoms with Gasteiger partial charge in [0.1, 0.15) is 5.75 Å². The first-order valence-corrected chi connectivity index (χ1v) is 8.29. The van der Waals surface area contributed by atoms with Crippen LogP contribution >= 0.6 is 11.6 Å². The highest BCUT2D eigenvalue weighted by Gasteiger charge is 2.29. The molecular formula is C17H25ClN2O3. The van der Waals surface area contributed by atoms with Crippen LogP contribution in [0.1, 0.15) is 20.8 Å². The van der Waals surface area contributed by atoms with E-state index in [1.54, 1.807) is 19.1 Å². The summed E-state index contributed by atoms with van der Waals surface area (Å²) in [6.45, 7) is 9.77. The summed E-state index contributed by atoms with van der Waals surface area (Å²) in [6, 6.07) is 7.14. The van der Waals surface area contributed by atoms with Crippen molar-refractivity contribution in [1.82, 2.24) is 10.2 Å². The third-order valence-electron chi connectivity index (χ3n) is 4.07. The number of benzene rings is 1. The fourth-order valence-electron chi connectivity index (χ4n) is 2.51. The molecule has 0 spiro atoms. The topological polar surface area (TPSA) is 50.8 Å². The molecule has 0 aliphatic carbocycles. The Labute approximate surface area is 142 Å². The third-order valence-corrected chi connectivity index (χ3v) is 4.38. The van der Waals surface area contributed by atoms with E-state index in [9.17, 15) is 4.79 Å². The highest BCUT2D eigenvalue weighted by molar-refractivity contribution is 6.32. The van der Waals surface area contributed by atoms with Gasteiger partial charge in [0, 0.05) is 25.2 Å². The molecule has 0 bridgehead atoms. The molecule has 5 nitrogen and oxygen atoms in total. The Balaban J connectivity index is 1.84. The number of nitrogens with one attached hydrogen (secondary N) is 1. The predicted octanol–water partition coefficient (Wildman–Crippen LogP) is 2.33. The molecule has 6 heteroatoms. The molecular weight excluding hydrogens is 316 g/mol. The van der Waals surface area contributed by atoms with Crippen molar-refractivity contribution in [2.45, 2.75) is 32.4 Å². The molecule has 1 aromatic carbocycles. The van der Waals surface area contributed by atoms with Gasteiger partial charge in [0.25, 0.3) is 5.91 Å². The predicted molar refractivity (Wildman–Crippen MR) is 91.0 cm³/mol. The molecule has 1 heterocycles. The van der Waals surface area contributed by atoms with Crippen LogP contribution in [-0.4, -0.2) is 55.3 Å². The standard InChI is InChI=1S/C17H25ClN2O3/c1-13(23-15-7-5-4-6-14(15)18)16(21)19-12-17(2,3)20-8-10-22-11-9-20/h4-7,13H,8-12H2,1-3H3,(H,19,21). The maximum Gasteiger partial charge on any atom is 0.260 e. The zero-order valence-electron chi connectivity index (χ0n) is 14.0. The van der Waals surface area contributed by atoms with Crippen LogP contribution in [-0.2, 0) is 9.53 Å². The van der Waals surface area contributed by atoms with Crippen molar-refractivity contribution in [1.29, 1.82) is 0 Å². The molecule has 2 rings (SSSR count). The lowest BCUT2D eigenvalue weighted by molar-refractivity contribution is -0.128. The largest absolute Gasteiger partial charge is 0.479 e. The van der Waals surface area contributed by atoms with Crippen molar-refractivity contribution < 1.29 is 14.3 Å². The lowest BCUT2D eigenvalue weighted by atomic mass is 10.0. The second-order valence-electron chi connectivity index (χ2n) is 6.32. The molecule has 23 heavy (non-hydrogen) atoms. The summed E-state index contributed by atoms with van der Waals surface area (Å²) in [4.78, 5) is 14.6. The number of amides is 1. The second-order valence-corrected chi connectivity index (χ2v) is 6.73. The van der Waals surface area contributed by atoms with Crippen molar-refractivity contribution >= 4 is 17.5 Å². The average Bonchev–Trinajstić information content (AvgIpc) is 2.55. The minimum absolute atomic E-state index is 0.121. The number of para-hydroxylation sites is 1. The molecule has 1 aliphatic heterocycles. The number of carbonyl (C=O) groups is 1. The first-order valence-electron chi connectivity index (χ1n) is 7.92. The highest BCUT2D eigenvalue weighted by atomic mass is 35.5. The Hall–Kier alpha value is -1.30. The Morgan fingerprint density at radius 3 is 2.70 bits per heavy atom. The first-order chi connectivity index (χ1) is 10.9. The maximum atomic E-state index is 12.3. The second kappa shape index (κ2) is 7.99. The summed E-state index contributed by atoms with van der Waals surface area (Å²) in [5, 5.41) is 3.47. The minimum atomic E-state index is -0.601. The Kier molecular flexibility index (Phi) is 6.27. The zero-order valence-corrected chi connectivity index (χ0v) is 14.7. The Morgan fingerprint density at radius 2 is 2.04 bits per heavy atom. The fraction of sp³-hybridized carbons (Fsp3) is 0.588. The molecule has 1 atom stereocenters. The van der Waals surface area contributed by atoms with Crippen LogP contribution < -0.4 is 10.1 Å². The van der Waals surface area contributed by atoms with Crippen molar-refractivity contribution in [3.63, 3.8) is 0 Å². The van der Waals surface area contributed by atoms with Gasteiger partial charge in [0.15, 0.2) is 6.10 Å². The van der Waals surface area contributed by atoms with Crippen LogP contribution in [0.3, 0.4) is 0 Å². The molecule has 0 aromatic heterocycles. The summed E-state index contributed by atoms with van der Waals surface area (Å²) in [7, 11) is 0. The molecule has 1 aromatic rings. The molecule has 0 radical (unpaired) electrons. The molecule has 1 saturated heterocycles. The number of hydrogen-bond acceptors (Lipinski definition) is 4. The number of rotatable bonds is 6. The van der Waals surface area contributed by atoms with Gasteiger partial charge in [-0.2, -0.15) is 0 Å². The van der Waals surface area contributed by atoms with Crippen LogP contribution in [0.5, 0.6) is 5.75 Å². The lowest BCUT2D eigenvalue weighted by Gasteiger charge is -2.41. The normalized spacial score (nSPS) is 17.6. The molecule has 128 valence electrons. The minimum Gasteiger partial charge on any atom is -0.479 e. The quantitative estimate of drug-likeness (QED) is 0.863. The van der Waals surface area contributed by atoms with Crippen molar-refractivity contribution in [2.24, 2.45) is 0 Å². The van der Waals surface area contributed by atoms with Crippen molar-refractivity contribution in [2.75, 3.05) is 32.8 Å². The number of hydrogen-bond donors (Lipinski definition) is 1. The molecule has 1 fully saturated rings. The van der Waals surface area contributed by atoms with Crippen LogP contribution in [0, 0.1) is 0 Å². The van der Waals surface area contributed by atoms with E-state index >= 15 is 0 Å². The zero-order chi connectivity index (χ0) is 16.9. The van der Waals surface area contributed by atoms with E-state index < -0.39 is 6.10 Å². The number of nitrogens with zero attached hydrogens (tertiary/aromatic N) is 1. The van der Waals surface area contributed by atoms with Crippen LogP contribution in [0.4, 0.5) is 0 Å². The summed E-state index contributed by atoms with van der Waals surface area (Å²) >= 11 is 6.05. The van der Waals surface area contributed by atoms with Crippen LogP contribution in [0.15, 0.2) is 24.3 Å². The van der Waals surface area contributed by atoms with Gasteiger partial charge in [0.05, 0.1) is 18.2 Å². The molecule has 1 aliphatic rings. The van der Waals surface area contributed by atoms with Gasteiger partial charge in [-0.1, -0.05) is 23.7 Å².